The standard InChI is InChI=1S/C14H17F3N4O2/c1-9(21-8-4-10(18-21)14(15,16)17)13(23)20-7-5-12(22)19-6-2-3-11(19)20/h4,8-9,11H,2-3,5-7H2,1H3. The van der Waals surface area contributed by atoms with E-state index in [4.69, 9.17) is 0 Å². The first-order chi connectivity index (χ1) is 10.8. The van der Waals surface area contributed by atoms with Crippen molar-refractivity contribution >= 4 is 11.8 Å². The maximum atomic E-state index is 12.7. The molecule has 2 fully saturated rings. The van der Waals surface area contributed by atoms with Gasteiger partial charge < -0.3 is 9.80 Å². The van der Waals surface area contributed by atoms with E-state index in [1.54, 1.807) is 9.80 Å². The summed E-state index contributed by atoms with van der Waals surface area (Å²) >= 11 is 0. The predicted molar refractivity (Wildman–Crippen MR) is 73.0 cm³/mol. The van der Waals surface area contributed by atoms with Crippen LogP contribution in [0.2, 0.25) is 0 Å². The minimum absolute atomic E-state index is 0.0302. The molecule has 0 bridgehead atoms. The molecule has 1 aromatic heterocycles. The van der Waals surface area contributed by atoms with Crippen molar-refractivity contribution in [2.24, 2.45) is 0 Å². The van der Waals surface area contributed by atoms with Crippen LogP contribution in [0.15, 0.2) is 12.3 Å². The lowest BCUT2D eigenvalue weighted by Gasteiger charge is -2.40. The van der Waals surface area contributed by atoms with Crippen LogP contribution in [0.4, 0.5) is 13.2 Å². The summed E-state index contributed by atoms with van der Waals surface area (Å²) in [6.45, 7) is 2.45. The van der Waals surface area contributed by atoms with E-state index in [-0.39, 0.29) is 24.4 Å². The molecular formula is C14H17F3N4O2. The minimum atomic E-state index is -4.53. The summed E-state index contributed by atoms with van der Waals surface area (Å²) in [6, 6.07) is 0.00696. The SMILES string of the molecule is CC(C(=O)N1CCC(=O)N2CCCC21)n1ccc(C(F)(F)F)n1. The summed E-state index contributed by atoms with van der Waals surface area (Å²) in [5.41, 5.74) is -1.02. The molecule has 2 saturated heterocycles. The third-order valence-corrected chi connectivity index (χ3v) is 4.40. The molecule has 1 aromatic rings. The number of fused-ring (bicyclic) bond motifs is 1. The Hall–Kier alpha value is -2.06. The zero-order valence-electron chi connectivity index (χ0n) is 12.6. The molecule has 2 amide bonds. The fourth-order valence-corrected chi connectivity index (χ4v) is 3.19. The Morgan fingerprint density at radius 2 is 2.13 bits per heavy atom. The van der Waals surface area contributed by atoms with E-state index in [1.165, 1.54) is 6.92 Å². The lowest BCUT2D eigenvalue weighted by atomic mass is 10.1. The number of carbonyl (C=O) groups is 2. The van der Waals surface area contributed by atoms with Gasteiger partial charge in [0.2, 0.25) is 11.8 Å². The molecule has 0 saturated carbocycles. The van der Waals surface area contributed by atoms with Crippen LogP contribution in [0.1, 0.15) is 37.9 Å². The van der Waals surface area contributed by atoms with Gasteiger partial charge >= 0.3 is 6.18 Å². The highest BCUT2D eigenvalue weighted by molar-refractivity contribution is 5.84. The highest BCUT2D eigenvalue weighted by Crippen LogP contribution is 2.30. The summed E-state index contributed by atoms with van der Waals surface area (Å²) in [5.74, 6) is -0.283. The lowest BCUT2D eigenvalue weighted by Crippen LogP contribution is -2.56. The number of hydrogen-bond donors (Lipinski definition) is 0. The van der Waals surface area contributed by atoms with Crippen molar-refractivity contribution in [3.63, 3.8) is 0 Å². The lowest BCUT2D eigenvalue weighted by molar-refractivity contribution is -0.153. The van der Waals surface area contributed by atoms with E-state index in [0.717, 1.165) is 23.4 Å². The van der Waals surface area contributed by atoms with E-state index in [9.17, 15) is 22.8 Å². The van der Waals surface area contributed by atoms with Crippen LogP contribution in [-0.4, -0.2) is 50.6 Å². The molecule has 0 radical (unpaired) electrons. The quantitative estimate of drug-likeness (QED) is 0.828. The zero-order chi connectivity index (χ0) is 16.8. The monoisotopic (exact) mass is 330 g/mol. The summed E-state index contributed by atoms with van der Waals surface area (Å²) in [6.07, 6.45) is -1.86. The van der Waals surface area contributed by atoms with E-state index in [1.807, 2.05) is 0 Å². The second-order valence-corrected chi connectivity index (χ2v) is 5.85. The largest absolute Gasteiger partial charge is 0.435 e. The minimum Gasteiger partial charge on any atom is -0.322 e. The topological polar surface area (TPSA) is 58.4 Å². The number of carbonyl (C=O) groups excluding carboxylic acids is 2. The number of rotatable bonds is 2. The van der Waals surface area contributed by atoms with E-state index < -0.39 is 17.9 Å². The van der Waals surface area contributed by atoms with Crippen LogP contribution < -0.4 is 0 Å². The molecule has 0 aromatic carbocycles. The molecule has 9 heteroatoms. The van der Waals surface area contributed by atoms with Crippen LogP contribution in [0.5, 0.6) is 0 Å². The predicted octanol–water partition coefficient (Wildman–Crippen LogP) is 1.64. The van der Waals surface area contributed by atoms with E-state index >= 15 is 0 Å². The first-order valence-corrected chi connectivity index (χ1v) is 7.51. The van der Waals surface area contributed by atoms with Crippen molar-refractivity contribution < 1.29 is 22.8 Å². The maximum Gasteiger partial charge on any atom is 0.435 e. The van der Waals surface area contributed by atoms with Crippen LogP contribution in [0.3, 0.4) is 0 Å². The number of amides is 2. The Bertz CT molecular complexity index is 628. The Labute approximate surface area is 130 Å². The van der Waals surface area contributed by atoms with Crippen molar-refractivity contribution in [2.75, 3.05) is 13.1 Å². The molecule has 2 aliphatic heterocycles. The molecule has 0 N–H and O–H groups in total. The molecule has 3 rings (SSSR count). The third kappa shape index (κ3) is 2.79. The smallest absolute Gasteiger partial charge is 0.322 e. The average molecular weight is 330 g/mol. The molecule has 3 heterocycles. The summed E-state index contributed by atoms with van der Waals surface area (Å²) < 4.78 is 38.9. The number of aromatic nitrogens is 2. The van der Waals surface area contributed by atoms with Crippen molar-refractivity contribution in [1.82, 2.24) is 19.6 Å². The van der Waals surface area contributed by atoms with Gasteiger partial charge in [-0.15, -0.1) is 0 Å². The highest BCUT2D eigenvalue weighted by atomic mass is 19.4. The molecular weight excluding hydrogens is 313 g/mol. The summed E-state index contributed by atoms with van der Waals surface area (Å²) in [4.78, 5) is 27.8. The third-order valence-electron chi connectivity index (χ3n) is 4.40. The first kappa shape index (κ1) is 15.8. The zero-order valence-corrected chi connectivity index (χ0v) is 12.6. The molecule has 2 atom stereocenters. The highest BCUT2D eigenvalue weighted by Gasteiger charge is 2.41. The fourth-order valence-electron chi connectivity index (χ4n) is 3.19. The molecule has 0 aliphatic carbocycles. The maximum absolute atomic E-state index is 12.7. The summed E-state index contributed by atoms with van der Waals surface area (Å²) in [7, 11) is 0. The van der Waals surface area contributed by atoms with Gasteiger partial charge in [-0.3, -0.25) is 14.3 Å². The fraction of sp³-hybridized carbons (Fsp3) is 0.643. The van der Waals surface area contributed by atoms with Gasteiger partial charge in [0.05, 0.1) is 0 Å². The molecule has 23 heavy (non-hydrogen) atoms. The van der Waals surface area contributed by atoms with E-state index in [2.05, 4.69) is 5.10 Å². The summed E-state index contributed by atoms with van der Waals surface area (Å²) in [5, 5.41) is 3.46. The van der Waals surface area contributed by atoms with Gasteiger partial charge in [0.1, 0.15) is 12.2 Å². The Morgan fingerprint density at radius 1 is 1.39 bits per heavy atom. The number of halogens is 3. The Kier molecular flexibility index (Phi) is 3.81. The van der Waals surface area contributed by atoms with Gasteiger partial charge in [0, 0.05) is 25.7 Å². The average Bonchev–Trinajstić information content (AvgIpc) is 3.15. The van der Waals surface area contributed by atoms with Gasteiger partial charge in [-0.25, -0.2) is 0 Å². The van der Waals surface area contributed by atoms with Gasteiger partial charge in [-0.05, 0) is 25.8 Å². The second kappa shape index (κ2) is 5.54. The van der Waals surface area contributed by atoms with Crippen molar-refractivity contribution in [3.05, 3.63) is 18.0 Å². The van der Waals surface area contributed by atoms with Crippen LogP contribution in [0, 0.1) is 0 Å². The van der Waals surface area contributed by atoms with Crippen molar-refractivity contribution in [1.29, 1.82) is 0 Å². The van der Waals surface area contributed by atoms with Gasteiger partial charge in [-0.2, -0.15) is 18.3 Å². The van der Waals surface area contributed by atoms with Crippen molar-refractivity contribution in [3.8, 4) is 0 Å². The van der Waals surface area contributed by atoms with Crippen molar-refractivity contribution in [2.45, 2.75) is 44.6 Å². The van der Waals surface area contributed by atoms with Gasteiger partial charge in [-0.1, -0.05) is 0 Å². The van der Waals surface area contributed by atoms with Crippen LogP contribution >= 0.6 is 0 Å². The first-order valence-electron chi connectivity index (χ1n) is 7.51. The number of alkyl halides is 3. The number of hydrogen-bond acceptors (Lipinski definition) is 3. The molecule has 2 aliphatic rings. The number of nitrogens with zero attached hydrogens (tertiary/aromatic N) is 4. The van der Waals surface area contributed by atoms with E-state index in [0.29, 0.717) is 19.5 Å². The van der Waals surface area contributed by atoms with Crippen LogP contribution in [0.25, 0.3) is 0 Å². The molecule has 126 valence electrons. The van der Waals surface area contributed by atoms with Gasteiger partial charge in [0.15, 0.2) is 5.69 Å². The Morgan fingerprint density at radius 3 is 2.78 bits per heavy atom. The molecule has 0 spiro atoms. The molecule has 2 unspecified atom stereocenters. The Balaban J connectivity index is 1.77. The van der Waals surface area contributed by atoms with Crippen LogP contribution in [-0.2, 0) is 15.8 Å². The molecule has 6 nitrogen and oxygen atoms in total. The second-order valence-electron chi connectivity index (χ2n) is 5.85. The van der Waals surface area contributed by atoms with Gasteiger partial charge in [0.25, 0.3) is 0 Å². The normalized spacial score (nSPS) is 23.1.